The lowest BCUT2D eigenvalue weighted by Gasteiger charge is -2.23. The molecule has 0 saturated heterocycles. The van der Waals surface area contributed by atoms with Crippen LogP contribution in [0.25, 0.3) is 0 Å². The molecule has 0 radical (unpaired) electrons. The van der Waals surface area contributed by atoms with Crippen molar-refractivity contribution in [3.8, 4) is 0 Å². The normalized spacial score (nSPS) is 15.2. The molecule has 0 heterocycles. The molecule has 0 fully saturated rings. The molecule has 17 heavy (non-hydrogen) atoms. The van der Waals surface area contributed by atoms with Crippen molar-refractivity contribution in [2.75, 3.05) is 6.54 Å². The highest BCUT2D eigenvalue weighted by Crippen LogP contribution is 2.11. The fourth-order valence-electron chi connectivity index (χ4n) is 1.91. The van der Waals surface area contributed by atoms with Crippen molar-refractivity contribution >= 4 is 0 Å². The van der Waals surface area contributed by atoms with Crippen molar-refractivity contribution in [2.45, 2.75) is 91.4 Å². The minimum Gasteiger partial charge on any atom is -0.374 e. The lowest BCUT2D eigenvalue weighted by atomic mass is 10.1. The van der Waals surface area contributed by atoms with Crippen LogP contribution in [0.3, 0.4) is 0 Å². The molecule has 0 amide bonds. The predicted molar refractivity (Wildman–Crippen MR) is 76.5 cm³/mol. The van der Waals surface area contributed by atoms with Crippen LogP contribution in [0.4, 0.5) is 0 Å². The maximum absolute atomic E-state index is 6.07. The third kappa shape index (κ3) is 10.8. The molecule has 2 atom stereocenters. The van der Waals surface area contributed by atoms with Gasteiger partial charge in [0.05, 0.1) is 12.2 Å². The summed E-state index contributed by atoms with van der Waals surface area (Å²) in [7, 11) is 0. The molecule has 2 heteroatoms. The van der Waals surface area contributed by atoms with E-state index >= 15 is 0 Å². The summed E-state index contributed by atoms with van der Waals surface area (Å²) >= 11 is 0. The van der Waals surface area contributed by atoms with Gasteiger partial charge in [-0.1, -0.05) is 53.4 Å². The highest BCUT2D eigenvalue weighted by atomic mass is 16.5. The van der Waals surface area contributed by atoms with Gasteiger partial charge in [-0.05, 0) is 19.8 Å². The van der Waals surface area contributed by atoms with Gasteiger partial charge in [0.1, 0.15) is 0 Å². The van der Waals surface area contributed by atoms with E-state index in [9.17, 15) is 0 Å². The summed E-state index contributed by atoms with van der Waals surface area (Å²) in [6.07, 6.45) is 8.42. The molecule has 0 bridgehead atoms. The van der Waals surface area contributed by atoms with E-state index in [-0.39, 0.29) is 0 Å². The monoisotopic (exact) mass is 243 g/mol. The minimum absolute atomic E-state index is 0.374. The van der Waals surface area contributed by atoms with Crippen LogP contribution >= 0.6 is 0 Å². The second-order valence-electron chi connectivity index (χ2n) is 5.39. The van der Waals surface area contributed by atoms with Crippen LogP contribution in [-0.2, 0) is 4.74 Å². The molecule has 0 aromatic heterocycles. The summed E-state index contributed by atoms with van der Waals surface area (Å²) in [4.78, 5) is 0. The van der Waals surface area contributed by atoms with Gasteiger partial charge in [-0.25, -0.2) is 0 Å². The van der Waals surface area contributed by atoms with Crippen LogP contribution in [-0.4, -0.2) is 24.8 Å². The van der Waals surface area contributed by atoms with Gasteiger partial charge < -0.3 is 10.1 Å². The Balaban J connectivity index is 3.62. The van der Waals surface area contributed by atoms with Gasteiger partial charge in [-0.3, -0.25) is 0 Å². The largest absolute Gasteiger partial charge is 0.374 e. The number of ether oxygens (including phenoxy) is 1. The molecule has 104 valence electrons. The van der Waals surface area contributed by atoms with E-state index in [1.165, 1.54) is 32.1 Å². The molecule has 2 nitrogen and oxygen atoms in total. The molecule has 0 spiro atoms. The number of hydrogen-bond acceptors (Lipinski definition) is 2. The Labute approximate surface area is 109 Å². The first kappa shape index (κ1) is 16.9. The Kier molecular flexibility index (Phi) is 11.0. The van der Waals surface area contributed by atoms with Crippen molar-refractivity contribution in [3.05, 3.63) is 0 Å². The standard InChI is InChI=1S/C15H33NO/c1-6-8-9-10-11-14(5)17-15(7-2)12-16-13(3)4/h13-16H,6-12H2,1-5H3. The van der Waals surface area contributed by atoms with Gasteiger partial charge in [0, 0.05) is 12.6 Å². The fraction of sp³-hybridized carbons (Fsp3) is 1.00. The molecule has 0 aromatic rings. The Hall–Kier alpha value is -0.0800. The van der Waals surface area contributed by atoms with E-state index in [0.717, 1.165) is 13.0 Å². The first-order valence-corrected chi connectivity index (χ1v) is 7.48. The minimum atomic E-state index is 0.374. The summed E-state index contributed by atoms with van der Waals surface area (Å²) in [6.45, 7) is 12.0. The summed E-state index contributed by atoms with van der Waals surface area (Å²) < 4.78 is 6.07. The maximum Gasteiger partial charge on any atom is 0.0700 e. The number of nitrogens with one attached hydrogen (secondary N) is 1. The quantitative estimate of drug-likeness (QED) is 0.551. The lowest BCUT2D eigenvalue weighted by Crippen LogP contribution is -2.35. The molecular formula is C15H33NO. The smallest absolute Gasteiger partial charge is 0.0700 e. The van der Waals surface area contributed by atoms with Crippen molar-refractivity contribution in [2.24, 2.45) is 0 Å². The Morgan fingerprint density at radius 2 is 1.71 bits per heavy atom. The fourth-order valence-corrected chi connectivity index (χ4v) is 1.91. The van der Waals surface area contributed by atoms with Crippen molar-refractivity contribution in [1.29, 1.82) is 0 Å². The average Bonchev–Trinajstić information content (AvgIpc) is 2.30. The van der Waals surface area contributed by atoms with Gasteiger partial charge in [0.15, 0.2) is 0 Å². The summed E-state index contributed by atoms with van der Waals surface area (Å²) in [5.74, 6) is 0. The van der Waals surface area contributed by atoms with Crippen LogP contribution in [0.2, 0.25) is 0 Å². The zero-order chi connectivity index (χ0) is 13.1. The van der Waals surface area contributed by atoms with Crippen molar-refractivity contribution in [3.63, 3.8) is 0 Å². The van der Waals surface area contributed by atoms with E-state index in [1.54, 1.807) is 0 Å². The van der Waals surface area contributed by atoms with Crippen LogP contribution < -0.4 is 5.32 Å². The first-order chi connectivity index (χ1) is 8.10. The highest BCUT2D eigenvalue weighted by molar-refractivity contribution is 4.64. The van der Waals surface area contributed by atoms with Gasteiger partial charge in [0.25, 0.3) is 0 Å². The average molecular weight is 243 g/mol. The Morgan fingerprint density at radius 3 is 2.24 bits per heavy atom. The van der Waals surface area contributed by atoms with Crippen LogP contribution in [0.1, 0.15) is 73.1 Å². The van der Waals surface area contributed by atoms with E-state index in [0.29, 0.717) is 18.2 Å². The number of unbranched alkanes of at least 4 members (excludes halogenated alkanes) is 3. The topological polar surface area (TPSA) is 21.3 Å². The van der Waals surface area contributed by atoms with Crippen LogP contribution in [0, 0.1) is 0 Å². The predicted octanol–water partition coefficient (Wildman–Crippen LogP) is 4.14. The molecule has 0 rings (SSSR count). The Bertz CT molecular complexity index is 159. The molecule has 2 unspecified atom stereocenters. The van der Waals surface area contributed by atoms with Gasteiger partial charge in [-0.2, -0.15) is 0 Å². The summed E-state index contributed by atoms with van der Waals surface area (Å²) in [6, 6.07) is 0.549. The zero-order valence-electron chi connectivity index (χ0n) is 12.6. The van der Waals surface area contributed by atoms with E-state index < -0.39 is 0 Å². The molecular weight excluding hydrogens is 210 g/mol. The third-order valence-corrected chi connectivity index (χ3v) is 3.10. The first-order valence-electron chi connectivity index (χ1n) is 7.48. The van der Waals surface area contributed by atoms with Crippen LogP contribution in [0.15, 0.2) is 0 Å². The summed E-state index contributed by atoms with van der Waals surface area (Å²) in [5.41, 5.74) is 0. The molecule has 0 aromatic carbocycles. The zero-order valence-corrected chi connectivity index (χ0v) is 12.6. The number of hydrogen-bond donors (Lipinski definition) is 1. The molecule has 0 saturated carbocycles. The second kappa shape index (κ2) is 11.0. The SMILES string of the molecule is CCCCCCC(C)OC(CC)CNC(C)C. The van der Waals surface area contributed by atoms with E-state index in [1.807, 2.05) is 0 Å². The van der Waals surface area contributed by atoms with Gasteiger partial charge in [0.2, 0.25) is 0 Å². The molecule has 0 aliphatic heterocycles. The van der Waals surface area contributed by atoms with Crippen molar-refractivity contribution in [1.82, 2.24) is 5.32 Å². The lowest BCUT2D eigenvalue weighted by molar-refractivity contribution is -0.00897. The van der Waals surface area contributed by atoms with Gasteiger partial charge >= 0.3 is 0 Å². The third-order valence-electron chi connectivity index (χ3n) is 3.10. The maximum atomic E-state index is 6.07. The number of rotatable bonds is 11. The van der Waals surface area contributed by atoms with E-state index in [4.69, 9.17) is 4.74 Å². The van der Waals surface area contributed by atoms with E-state index in [2.05, 4.69) is 39.9 Å². The molecule has 1 N–H and O–H groups in total. The molecule has 0 aliphatic carbocycles. The van der Waals surface area contributed by atoms with Crippen molar-refractivity contribution < 1.29 is 4.74 Å². The highest BCUT2D eigenvalue weighted by Gasteiger charge is 2.11. The molecule has 0 aliphatic rings. The van der Waals surface area contributed by atoms with Crippen LogP contribution in [0.5, 0.6) is 0 Å². The Morgan fingerprint density at radius 1 is 1.00 bits per heavy atom. The summed E-state index contributed by atoms with van der Waals surface area (Å²) in [5, 5.41) is 3.45. The van der Waals surface area contributed by atoms with Gasteiger partial charge in [-0.15, -0.1) is 0 Å². The second-order valence-corrected chi connectivity index (χ2v) is 5.39.